The first kappa shape index (κ1) is 16.2. The van der Waals surface area contributed by atoms with Crippen LogP contribution >= 0.6 is 15.9 Å². The number of amides is 1. The zero-order valence-corrected chi connectivity index (χ0v) is 13.3. The summed E-state index contributed by atoms with van der Waals surface area (Å²) >= 11 is 3.35. The lowest BCUT2D eigenvalue weighted by atomic mass is 10.1. The van der Waals surface area contributed by atoms with Crippen LogP contribution in [0.5, 0.6) is 5.75 Å². The van der Waals surface area contributed by atoms with Gasteiger partial charge >= 0.3 is 5.97 Å². The Hall–Kier alpha value is -1.82. The van der Waals surface area contributed by atoms with E-state index in [0.29, 0.717) is 11.4 Å². The minimum absolute atomic E-state index is 0.0104. The Morgan fingerprint density at radius 2 is 1.85 bits per heavy atom. The van der Waals surface area contributed by atoms with E-state index in [-0.39, 0.29) is 11.1 Å². The highest BCUT2D eigenvalue weighted by atomic mass is 79.9. The van der Waals surface area contributed by atoms with E-state index >= 15 is 0 Å². The number of halogens is 1. The molecule has 1 aromatic rings. The van der Waals surface area contributed by atoms with Crippen molar-refractivity contribution in [3.05, 3.63) is 33.3 Å². The molecule has 0 aliphatic heterocycles. The van der Waals surface area contributed by atoms with Gasteiger partial charge in [-0.3, -0.25) is 4.79 Å². The molecule has 1 amide bonds. The fourth-order valence-corrected chi connectivity index (χ4v) is 2.12. The Bertz CT molecular complexity index is 593. The van der Waals surface area contributed by atoms with Crippen LogP contribution in [-0.2, 0) is 9.59 Å². The number of aliphatic carboxylic acids is 1. The Kier molecular flexibility index (Phi) is 5.33. The first-order chi connectivity index (χ1) is 9.27. The molecular formula is C14H16BrNO4. The van der Waals surface area contributed by atoms with Crippen LogP contribution in [0.1, 0.15) is 19.4 Å². The zero-order chi connectivity index (χ0) is 15.4. The third kappa shape index (κ3) is 3.60. The number of carboxylic acids is 1. The third-order valence-electron chi connectivity index (χ3n) is 2.95. The number of benzene rings is 1. The van der Waals surface area contributed by atoms with E-state index in [1.165, 1.54) is 21.0 Å². The lowest BCUT2D eigenvalue weighted by Crippen LogP contribution is -2.17. The number of carbonyl (C=O) groups excluding carboxylic acids is 1. The zero-order valence-electron chi connectivity index (χ0n) is 11.7. The number of carboxylic acid groups (broad SMARTS) is 1. The van der Waals surface area contributed by atoms with Crippen LogP contribution in [0.15, 0.2) is 27.8 Å². The Morgan fingerprint density at radius 1 is 1.25 bits per heavy atom. The molecule has 0 saturated heterocycles. The molecule has 0 radical (unpaired) electrons. The van der Waals surface area contributed by atoms with Gasteiger partial charge < -0.3 is 15.2 Å². The van der Waals surface area contributed by atoms with Crippen molar-refractivity contribution in [3.63, 3.8) is 0 Å². The van der Waals surface area contributed by atoms with Crippen LogP contribution in [0.3, 0.4) is 0 Å². The van der Waals surface area contributed by atoms with Crippen LogP contribution in [0, 0.1) is 6.92 Å². The van der Waals surface area contributed by atoms with Gasteiger partial charge in [0.1, 0.15) is 5.75 Å². The number of anilines is 1. The Morgan fingerprint density at radius 3 is 2.35 bits per heavy atom. The van der Waals surface area contributed by atoms with Gasteiger partial charge in [0.15, 0.2) is 0 Å². The van der Waals surface area contributed by atoms with Gasteiger partial charge in [-0.2, -0.15) is 0 Å². The molecule has 1 rings (SSSR count). The fourth-order valence-electron chi connectivity index (χ4n) is 1.57. The summed E-state index contributed by atoms with van der Waals surface area (Å²) in [7, 11) is 1.50. The average Bonchev–Trinajstić information content (AvgIpc) is 2.39. The molecule has 0 bridgehead atoms. The van der Waals surface area contributed by atoms with E-state index in [0.717, 1.165) is 10.0 Å². The minimum Gasteiger partial charge on any atom is -0.495 e. The SMILES string of the molecule is COc1cc(Br)cc(C)c1NC(=O)C(C)=C(C)C(=O)O. The highest BCUT2D eigenvalue weighted by molar-refractivity contribution is 9.10. The maximum atomic E-state index is 12.1. The average molecular weight is 342 g/mol. The van der Waals surface area contributed by atoms with Crippen molar-refractivity contribution in [2.45, 2.75) is 20.8 Å². The minimum atomic E-state index is -1.11. The monoisotopic (exact) mass is 341 g/mol. The van der Waals surface area contributed by atoms with Crippen molar-refractivity contribution in [3.8, 4) is 5.75 Å². The van der Waals surface area contributed by atoms with Crippen molar-refractivity contribution in [1.82, 2.24) is 0 Å². The van der Waals surface area contributed by atoms with E-state index in [1.807, 2.05) is 13.0 Å². The van der Waals surface area contributed by atoms with Gasteiger partial charge in [0.2, 0.25) is 0 Å². The van der Waals surface area contributed by atoms with Gasteiger partial charge in [-0.1, -0.05) is 15.9 Å². The summed E-state index contributed by atoms with van der Waals surface area (Å²) in [4.78, 5) is 22.9. The molecule has 6 heteroatoms. The van der Waals surface area contributed by atoms with Gasteiger partial charge in [-0.15, -0.1) is 0 Å². The topological polar surface area (TPSA) is 75.6 Å². The van der Waals surface area contributed by atoms with E-state index < -0.39 is 11.9 Å². The Labute approximate surface area is 125 Å². The van der Waals surface area contributed by atoms with E-state index in [4.69, 9.17) is 9.84 Å². The second kappa shape index (κ2) is 6.56. The van der Waals surface area contributed by atoms with Crippen molar-refractivity contribution in [2.24, 2.45) is 0 Å². The molecule has 0 aliphatic rings. The molecule has 0 saturated carbocycles. The lowest BCUT2D eigenvalue weighted by Gasteiger charge is -2.14. The second-order valence-electron chi connectivity index (χ2n) is 4.31. The van der Waals surface area contributed by atoms with Crippen LogP contribution in [0.25, 0.3) is 0 Å². The number of ether oxygens (including phenoxy) is 1. The summed E-state index contributed by atoms with van der Waals surface area (Å²) in [6.45, 7) is 4.69. The molecule has 0 spiro atoms. The van der Waals surface area contributed by atoms with Crippen LogP contribution < -0.4 is 10.1 Å². The number of aryl methyl sites for hydroxylation is 1. The molecule has 0 unspecified atom stereocenters. The number of carbonyl (C=O) groups is 2. The van der Waals surface area contributed by atoms with Gasteiger partial charge in [-0.05, 0) is 38.5 Å². The van der Waals surface area contributed by atoms with E-state index in [9.17, 15) is 9.59 Å². The van der Waals surface area contributed by atoms with Crippen molar-refractivity contribution in [2.75, 3.05) is 12.4 Å². The summed E-state index contributed by atoms with van der Waals surface area (Å²) in [5.41, 5.74) is 1.50. The number of nitrogens with one attached hydrogen (secondary N) is 1. The molecule has 0 aromatic heterocycles. The first-order valence-corrected chi connectivity index (χ1v) is 6.63. The van der Waals surface area contributed by atoms with Crippen molar-refractivity contribution >= 4 is 33.5 Å². The lowest BCUT2D eigenvalue weighted by molar-refractivity contribution is -0.133. The summed E-state index contributed by atoms with van der Waals surface area (Å²) in [6, 6.07) is 3.56. The predicted octanol–water partition coefficient (Wildman–Crippen LogP) is 3.13. The number of hydrogen-bond acceptors (Lipinski definition) is 3. The molecule has 20 heavy (non-hydrogen) atoms. The molecular weight excluding hydrogens is 326 g/mol. The highest BCUT2D eigenvalue weighted by Crippen LogP contribution is 2.32. The molecule has 0 aliphatic carbocycles. The second-order valence-corrected chi connectivity index (χ2v) is 5.22. The van der Waals surface area contributed by atoms with E-state index in [1.54, 1.807) is 6.07 Å². The first-order valence-electron chi connectivity index (χ1n) is 5.84. The molecule has 0 fully saturated rings. The normalized spacial score (nSPS) is 11.7. The van der Waals surface area contributed by atoms with Gasteiger partial charge in [-0.25, -0.2) is 4.79 Å². The molecule has 5 nitrogen and oxygen atoms in total. The number of hydrogen-bond donors (Lipinski definition) is 2. The van der Waals surface area contributed by atoms with Gasteiger partial charge in [0, 0.05) is 15.6 Å². The summed E-state index contributed by atoms with van der Waals surface area (Å²) < 4.78 is 6.05. The van der Waals surface area contributed by atoms with Crippen molar-refractivity contribution in [1.29, 1.82) is 0 Å². The van der Waals surface area contributed by atoms with Crippen LogP contribution in [-0.4, -0.2) is 24.1 Å². The fraction of sp³-hybridized carbons (Fsp3) is 0.286. The van der Waals surface area contributed by atoms with Crippen LogP contribution in [0.4, 0.5) is 5.69 Å². The third-order valence-corrected chi connectivity index (χ3v) is 3.40. The number of rotatable bonds is 4. The highest BCUT2D eigenvalue weighted by Gasteiger charge is 2.16. The smallest absolute Gasteiger partial charge is 0.331 e. The molecule has 2 N–H and O–H groups in total. The summed E-state index contributed by atoms with van der Waals surface area (Å²) in [5, 5.41) is 11.6. The van der Waals surface area contributed by atoms with E-state index in [2.05, 4.69) is 21.2 Å². The molecule has 0 heterocycles. The maximum absolute atomic E-state index is 12.1. The van der Waals surface area contributed by atoms with Gasteiger partial charge in [0.25, 0.3) is 5.91 Å². The summed E-state index contributed by atoms with van der Waals surface area (Å²) in [6.07, 6.45) is 0. The maximum Gasteiger partial charge on any atom is 0.331 e. The van der Waals surface area contributed by atoms with Crippen molar-refractivity contribution < 1.29 is 19.4 Å². The van der Waals surface area contributed by atoms with Crippen LogP contribution in [0.2, 0.25) is 0 Å². The number of methoxy groups -OCH3 is 1. The molecule has 1 aromatic carbocycles. The largest absolute Gasteiger partial charge is 0.495 e. The molecule has 0 atom stereocenters. The summed E-state index contributed by atoms with van der Waals surface area (Å²) in [5.74, 6) is -1.07. The van der Waals surface area contributed by atoms with Gasteiger partial charge in [0.05, 0.1) is 12.8 Å². The quantitative estimate of drug-likeness (QED) is 0.825. The standard InChI is InChI=1S/C14H16BrNO4/c1-7-5-10(15)6-11(20-4)12(7)16-13(17)8(2)9(3)14(18)19/h5-6H,1-4H3,(H,16,17)(H,18,19). The predicted molar refractivity (Wildman–Crippen MR) is 80.1 cm³/mol. The Balaban J connectivity index is 3.15. The molecule has 108 valence electrons.